The summed E-state index contributed by atoms with van der Waals surface area (Å²) in [6.07, 6.45) is 2.83. The molecule has 1 aliphatic carbocycles. The second kappa shape index (κ2) is 8.02. The number of rotatable bonds is 6. The zero-order valence-corrected chi connectivity index (χ0v) is 18.2. The number of ether oxygens (including phenoxy) is 1. The van der Waals surface area contributed by atoms with Gasteiger partial charge < -0.3 is 21.2 Å². The summed E-state index contributed by atoms with van der Waals surface area (Å²) < 4.78 is 8.30. The Morgan fingerprint density at radius 2 is 1.84 bits per heavy atom. The number of hydrogen-bond donors (Lipinski definition) is 2. The lowest BCUT2D eigenvalue weighted by molar-refractivity contribution is 0.253. The van der Waals surface area contributed by atoms with E-state index in [4.69, 9.17) is 16.3 Å². The normalized spacial score (nSPS) is 19.4. The van der Waals surface area contributed by atoms with Crippen LogP contribution in [0.5, 0.6) is 5.75 Å². The lowest BCUT2D eigenvalue weighted by Gasteiger charge is -2.25. The van der Waals surface area contributed by atoms with E-state index in [2.05, 4.69) is 4.90 Å². The predicted molar refractivity (Wildman–Crippen MR) is 126 cm³/mol. The first-order valence-electron chi connectivity index (χ1n) is 11.2. The Kier molecular flexibility index (Phi) is 5.17. The maximum Gasteiger partial charge on any atom is 0.350 e. The highest BCUT2D eigenvalue weighted by atomic mass is 16.5. The van der Waals surface area contributed by atoms with Gasteiger partial charge in [0, 0.05) is 30.9 Å². The van der Waals surface area contributed by atoms with Crippen LogP contribution >= 0.6 is 0 Å². The van der Waals surface area contributed by atoms with E-state index in [0.717, 1.165) is 54.0 Å². The van der Waals surface area contributed by atoms with Crippen molar-refractivity contribution in [2.75, 3.05) is 30.4 Å². The molecule has 1 aliphatic heterocycles. The molecule has 8 heteroatoms. The van der Waals surface area contributed by atoms with Gasteiger partial charge in [-0.1, -0.05) is 18.2 Å². The Balaban J connectivity index is 1.40. The number of fused-ring (bicyclic) bond motifs is 1. The van der Waals surface area contributed by atoms with Gasteiger partial charge in [0.15, 0.2) is 0 Å². The number of nitrogen functional groups attached to an aromatic ring is 1. The molecule has 0 amide bonds. The average molecular weight is 436 g/mol. The fourth-order valence-corrected chi connectivity index (χ4v) is 4.82. The van der Waals surface area contributed by atoms with E-state index in [9.17, 15) is 9.59 Å². The number of nitrogens with zero attached hydrogens (tertiary/aromatic N) is 3. The van der Waals surface area contributed by atoms with Crippen LogP contribution in [0.3, 0.4) is 0 Å². The molecule has 168 valence electrons. The van der Waals surface area contributed by atoms with E-state index >= 15 is 0 Å². The van der Waals surface area contributed by atoms with Crippen molar-refractivity contribution in [3.05, 3.63) is 68.9 Å². The van der Waals surface area contributed by atoms with Crippen LogP contribution < -0.4 is 32.5 Å². The molecule has 32 heavy (non-hydrogen) atoms. The van der Waals surface area contributed by atoms with Crippen molar-refractivity contribution >= 4 is 16.6 Å². The third kappa shape index (κ3) is 3.54. The molecule has 1 aromatic heterocycles. The highest BCUT2D eigenvalue weighted by Gasteiger charge is 2.32. The average Bonchev–Trinajstić information content (AvgIpc) is 3.52. The standard InChI is InChI=1S/C24H29N5O3/c1-15-21(10-9-19-22(15)28(17-7-8-17)24(31)29(26)23(19)30)27-12-11-16(13-27)20(25)14-32-18-5-3-2-4-6-18/h2-6,9-10,16-17,20H,7-8,11-14,25-26H2,1H3/t16-,20-/m0/s1. The summed E-state index contributed by atoms with van der Waals surface area (Å²) in [7, 11) is 0. The highest BCUT2D eigenvalue weighted by molar-refractivity contribution is 5.87. The number of aromatic nitrogens is 2. The molecule has 1 saturated carbocycles. The second-order valence-electron chi connectivity index (χ2n) is 8.95. The van der Waals surface area contributed by atoms with Crippen molar-refractivity contribution in [2.24, 2.45) is 11.7 Å². The van der Waals surface area contributed by atoms with Crippen LogP contribution in [-0.4, -0.2) is 35.0 Å². The Hall–Kier alpha value is -3.26. The van der Waals surface area contributed by atoms with E-state index in [-0.39, 0.29) is 12.1 Å². The minimum absolute atomic E-state index is 0.0740. The smallest absolute Gasteiger partial charge is 0.350 e. The number of anilines is 1. The van der Waals surface area contributed by atoms with E-state index in [1.165, 1.54) is 0 Å². The molecule has 2 heterocycles. The molecule has 2 atom stereocenters. The minimum Gasteiger partial charge on any atom is -0.492 e. The molecule has 2 aromatic carbocycles. The first kappa shape index (κ1) is 20.6. The lowest BCUT2D eigenvalue weighted by Crippen LogP contribution is -2.44. The minimum atomic E-state index is -0.448. The van der Waals surface area contributed by atoms with Gasteiger partial charge in [-0.25, -0.2) is 4.79 Å². The van der Waals surface area contributed by atoms with Gasteiger partial charge in [-0.2, -0.15) is 4.68 Å². The number of nitrogens with two attached hydrogens (primary N) is 2. The molecule has 5 rings (SSSR count). The Bertz CT molecular complexity index is 1260. The van der Waals surface area contributed by atoms with Crippen LogP contribution in [0.2, 0.25) is 0 Å². The fraction of sp³-hybridized carbons (Fsp3) is 0.417. The Morgan fingerprint density at radius 1 is 1.09 bits per heavy atom. The highest BCUT2D eigenvalue weighted by Crippen LogP contribution is 2.38. The summed E-state index contributed by atoms with van der Waals surface area (Å²) in [4.78, 5) is 27.7. The quantitative estimate of drug-likeness (QED) is 0.571. The maximum absolute atomic E-state index is 12.8. The molecular weight excluding hydrogens is 406 g/mol. The maximum atomic E-state index is 12.8. The largest absolute Gasteiger partial charge is 0.492 e. The molecule has 0 spiro atoms. The molecule has 3 aromatic rings. The SMILES string of the molecule is Cc1c(N2CC[C@H]([C@@H](N)COc3ccccc3)C2)ccc2c(=O)n(N)c(=O)n(C3CC3)c12. The summed E-state index contributed by atoms with van der Waals surface area (Å²) in [5.41, 5.74) is 8.28. The zero-order valence-electron chi connectivity index (χ0n) is 18.2. The molecule has 1 saturated heterocycles. The summed E-state index contributed by atoms with van der Waals surface area (Å²) in [5.74, 6) is 6.91. The van der Waals surface area contributed by atoms with Crippen LogP contribution in [0.4, 0.5) is 5.69 Å². The third-order valence-electron chi connectivity index (χ3n) is 6.77. The molecule has 2 fully saturated rings. The first-order chi connectivity index (χ1) is 15.5. The van der Waals surface area contributed by atoms with Crippen molar-refractivity contribution in [1.29, 1.82) is 0 Å². The van der Waals surface area contributed by atoms with E-state index in [0.29, 0.717) is 23.4 Å². The molecule has 8 nitrogen and oxygen atoms in total. The van der Waals surface area contributed by atoms with E-state index in [1.807, 2.05) is 43.3 Å². The fourth-order valence-electron chi connectivity index (χ4n) is 4.82. The predicted octanol–water partition coefficient (Wildman–Crippen LogP) is 1.75. The van der Waals surface area contributed by atoms with Crippen molar-refractivity contribution in [2.45, 2.75) is 38.3 Å². The van der Waals surface area contributed by atoms with Gasteiger partial charge in [-0.15, -0.1) is 0 Å². The number of para-hydroxylation sites is 1. The first-order valence-corrected chi connectivity index (χ1v) is 11.2. The van der Waals surface area contributed by atoms with Crippen LogP contribution in [-0.2, 0) is 0 Å². The van der Waals surface area contributed by atoms with Gasteiger partial charge in [0.05, 0.1) is 10.9 Å². The molecule has 0 unspecified atom stereocenters. The van der Waals surface area contributed by atoms with Gasteiger partial charge in [0.2, 0.25) is 0 Å². The van der Waals surface area contributed by atoms with E-state index in [1.54, 1.807) is 10.6 Å². The number of hydrogen-bond acceptors (Lipinski definition) is 6. The molecule has 2 aliphatic rings. The summed E-state index contributed by atoms with van der Waals surface area (Å²) in [5, 5.41) is 0.490. The van der Waals surface area contributed by atoms with Gasteiger partial charge in [0.25, 0.3) is 5.56 Å². The number of aryl methyl sites for hydroxylation is 1. The molecule has 0 bridgehead atoms. The van der Waals surface area contributed by atoms with Crippen LogP contribution in [0.1, 0.15) is 30.9 Å². The summed E-state index contributed by atoms with van der Waals surface area (Å²) in [6.45, 7) is 4.14. The zero-order chi connectivity index (χ0) is 22.4. The second-order valence-corrected chi connectivity index (χ2v) is 8.95. The molecular formula is C24H29N5O3. The molecule has 4 N–H and O–H groups in total. The Morgan fingerprint density at radius 3 is 2.56 bits per heavy atom. The van der Waals surface area contributed by atoms with Crippen molar-refractivity contribution in [3.8, 4) is 5.75 Å². The van der Waals surface area contributed by atoms with Gasteiger partial charge in [-0.3, -0.25) is 9.36 Å². The lowest BCUT2D eigenvalue weighted by atomic mass is 10.0. The number of benzene rings is 2. The Labute approximate surface area is 186 Å². The van der Waals surface area contributed by atoms with E-state index < -0.39 is 11.2 Å². The van der Waals surface area contributed by atoms with Crippen LogP contribution in [0.15, 0.2) is 52.1 Å². The van der Waals surface area contributed by atoms with Gasteiger partial charge in [0.1, 0.15) is 12.4 Å². The van der Waals surface area contributed by atoms with Gasteiger partial charge in [-0.05, 0) is 61.9 Å². The van der Waals surface area contributed by atoms with Crippen molar-refractivity contribution in [1.82, 2.24) is 9.24 Å². The summed E-state index contributed by atoms with van der Waals surface area (Å²) in [6, 6.07) is 13.5. The van der Waals surface area contributed by atoms with Crippen LogP contribution in [0, 0.1) is 12.8 Å². The third-order valence-corrected chi connectivity index (χ3v) is 6.77. The monoisotopic (exact) mass is 435 g/mol. The van der Waals surface area contributed by atoms with Crippen molar-refractivity contribution < 1.29 is 4.74 Å². The summed E-state index contributed by atoms with van der Waals surface area (Å²) >= 11 is 0. The van der Waals surface area contributed by atoms with Crippen LogP contribution in [0.25, 0.3) is 10.9 Å². The van der Waals surface area contributed by atoms with Crippen molar-refractivity contribution in [3.63, 3.8) is 0 Å². The topological polar surface area (TPSA) is 109 Å². The van der Waals surface area contributed by atoms with Gasteiger partial charge >= 0.3 is 5.69 Å². The molecule has 0 radical (unpaired) electrons.